The number of rotatable bonds is 0. The summed E-state index contributed by atoms with van der Waals surface area (Å²) in [5.41, 5.74) is 0. The maximum absolute atomic E-state index is 4.43. The molecule has 0 unspecified atom stereocenters. The van der Waals surface area contributed by atoms with Crippen molar-refractivity contribution >= 4 is 0 Å². The van der Waals surface area contributed by atoms with E-state index in [1.165, 1.54) is 19.3 Å². The Balaban J connectivity index is 2.01. The van der Waals surface area contributed by atoms with Crippen LogP contribution in [-0.2, 0) is 0 Å². The van der Waals surface area contributed by atoms with Crippen molar-refractivity contribution < 1.29 is 0 Å². The van der Waals surface area contributed by atoms with Crippen molar-refractivity contribution in [2.24, 2.45) is 11.8 Å². The summed E-state index contributed by atoms with van der Waals surface area (Å²) in [6, 6.07) is 0. The molecule has 1 saturated heterocycles. The van der Waals surface area contributed by atoms with Gasteiger partial charge >= 0.3 is 0 Å². The normalized spacial score (nSPS) is 39.2. The first kappa shape index (κ1) is 6.41. The monoisotopic (exact) mass is 136 g/mol. The third kappa shape index (κ3) is 1.10. The standard InChI is InChI=1S/C9H14N/c1-2-4-9-7-10-6-5-8(9)3-1/h1-2,8-9H,3-7H2/t8-,9-/m1/s1. The van der Waals surface area contributed by atoms with Crippen LogP contribution >= 0.6 is 0 Å². The van der Waals surface area contributed by atoms with Crippen LogP contribution < -0.4 is 5.32 Å². The fourth-order valence-corrected chi connectivity index (χ4v) is 2.02. The second-order valence-electron chi connectivity index (χ2n) is 3.38. The molecule has 55 valence electrons. The zero-order valence-electron chi connectivity index (χ0n) is 6.29. The predicted octanol–water partition coefficient (Wildman–Crippen LogP) is 1.58. The molecule has 1 heteroatoms. The molecule has 1 aliphatic carbocycles. The molecule has 1 radical (unpaired) electrons. The fraction of sp³-hybridized carbons (Fsp3) is 0.778. The molecule has 1 nitrogen and oxygen atoms in total. The minimum atomic E-state index is 0.902. The van der Waals surface area contributed by atoms with E-state index in [0.717, 1.165) is 24.9 Å². The molecule has 0 amide bonds. The molecule has 0 N–H and O–H groups in total. The lowest BCUT2D eigenvalue weighted by molar-refractivity contribution is 0.245. The van der Waals surface area contributed by atoms with E-state index < -0.39 is 0 Å². The van der Waals surface area contributed by atoms with Crippen LogP contribution in [0.25, 0.3) is 0 Å². The van der Waals surface area contributed by atoms with Crippen LogP contribution in [0.5, 0.6) is 0 Å². The van der Waals surface area contributed by atoms with Crippen LogP contribution in [-0.4, -0.2) is 13.1 Å². The number of fused-ring (bicyclic) bond motifs is 1. The quantitative estimate of drug-likeness (QED) is 0.449. The summed E-state index contributed by atoms with van der Waals surface area (Å²) in [6.07, 6.45) is 8.61. The highest BCUT2D eigenvalue weighted by Crippen LogP contribution is 2.29. The Kier molecular flexibility index (Phi) is 1.76. The van der Waals surface area contributed by atoms with E-state index in [9.17, 15) is 0 Å². The number of nitrogens with zero attached hydrogens (tertiary/aromatic N) is 1. The summed E-state index contributed by atoms with van der Waals surface area (Å²) in [5.74, 6) is 1.88. The van der Waals surface area contributed by atoms with E-state index in [-0.39, 0.29) is 0 Å². The first-order chi connectivity index (χ1) is 4.97. The molecule has 1 aliphatic heterocycles. The molecule has 1 heterocycles. The van der Waals surface area contributed by atoms with Gasteiger partial charge in [-0.05, 0) is 31.1 Å². The molecular weight excluding hydrogens is 122 g/mol. The van der Waals surface area contributed by atoms with E-state index in [2.05, 4.69) is 17.5 Å². The van der Waals surface area contributed by atoms with Gasteiger partial charge in [0.15, 0.2) is 0 Å². The van der Waals surface area contributed by atoms with E-state index >= 15 is 0 Å². The van der Waals surface area contributed by atoms with E-state index in [1.807, 2.05) is 0 Å². The van der Waals surface area contributed by atoms with Crippen molar-refractivity contribution in [3.05, 3.63) is 12.2 Å². The largest absolute Gasteiger partial charge is 0.241 e. The highest BCUT2D eigenvalue weighted by atomic mass is 14.9. The molecule has 0 bridgehead atoms. The Hall–Kier alpha value is -0.300. The van der Waals surface area contributed by atoms with Crippen molar-refractivity contribution in [1.29, 1.82) is 0 Å². The SMILES string of the molecule is C1=CC[C@@H]2C[N]CC[C@H]2C1. The topological polar surface area (TPSA) is 14.1 Å². The lowest BCUT2D eigenvalue weighted by Crippen LogP contribution is -2.33. The predicted molar refractivity (Wildman–Crippen MR) is 41.8 cm³/mol. The lowest BCUT2D eigenvalue weighted by atomic mass is 9.79. The van der Waals surface area contributed by atoms with Crippen LogP contribution in [0, 0.1) is 11.8 Å². The van der Waals surface area contributed by atoms with Gasteiger partial charge in [-0.3, -0.25) is 0 Å². The Morgan fingerprint density at radius 3 is 2.70 bits per heavy atom. The Labute approximate surface area is 62.5 Å². The number of allylic oxidation sites excluding steroid dienone is 2. The van der Waals surface area contributed by atoms with E-state index in [4.69, 9.17) is 0 Å². The zero-order valence-corrected chi connectivity index (χ0v) is 6.29. The molecule has 2 atom stereocenters. The highest BCUT2D eigenvalue weighted by molar-refractivity contribution is 4.96. The van der Waals surface area contributed by atoms with Crippen molar-refractivity contribution in [1.82, 2.24) is 5.32 Å². The smallest absolute Gasteiger partial charge is 0.0167 e. The second kappa shape index (κ2) is 2.75. The summed E-state index contributed by atoms with van der Waals surface area (Å²) >= 11 is 0. The summed E-state index contributed by atoms with van der Waals surface area (Å²) in [5, 5.41) is 4.43. The van der Waals surface area contributed by atoms with Gasteiger partial charge in [-0.1, -0.05) is 12.2 Å². The minimum absolute atomic E-state index is 0.902. The number of hydrogen-bond acceptors (Lipinski definition) is 0. The minimum Gasteiger partial charge on any atom is -0.241 e. The number of piperidine rings is 1. The van der Waals surface area contributed by atoms with Gasteiger partial charge in [0, 0.05) is 13.1 Å². The van der Waals surface area contributed by atoms with Crippen molar-refractivity contribution in [2.75, 3.05) is 13.1 Å². The van der Waals surface area contributed by atoms with Crippen molar-refractivity contribution in [2.45, 2.75) is 19.3 Å². The van der Waals surface area contributed by atoms with Gasteiger partial charge in [-0.15, -0.1) is 0 Å². The van der Waals surface area contributed by atoms with Crippen molar-refractivity contribution in [3.8, 4) is 0 Å². The second-order valence-corrected chi connectivity index (χ2v) is 3.38. The Morgan fingerprint density at radius 2 is 1.90 bits per heavy atom. The van der Waals surface area contributed by atoms with Gasteiger partial charge in [0.1, 0.15) is 0 Å². The van der Waals surface area contributed by atoms with Crippen LogP contribution in [0.3, 0.4) is 0 Å². The Morgan fingerprint density at radius 1 is 1.10 bits per heavy atom. The van der Waals surface area contributed by atoms with Gasteiger partial charge in [0.25, 0.3) is 0 Å². The van der Waals surface area contributed by atoms with Gasteiger partial charge < -0.3 is 0 Å². The maximum Gasteiger partial charge on any atom is 0.0167 e. The summed E-state index contributed by atoms with van der Waals surface area (Å²) in [4.78, 5) is 0. The average molecular weight is 136 g/mol. The summed E-state index contributed by atoms with van der Waals surface area (Å²) in [6.45, 7) is 2.25. The van der Waals surface area contributed by atoms with Crippen LogP contribution in [0.2, 0.25) is 0 Å². The number of hydrogen-bond donors (Lipinski definition) is 0. The third-order valence-corrected chi connectivity index (χ3v) is 2.73. The molecule has 0 aromatic rings. The average Bonchev–Trinajstić information content (AvgIpc) is 2.05. The third-order valence-electron chi connectivity index (χ3n) is 2.73. The first-order valence-electron chi connectivity index (χ1n) is 4.25. The van der Waals surface area contributed by atoms with Crippen molar-refractivity contribution in [3.63, 3.8) is 0 Å². The molecule has 2 rings (SSSR count). The molecule has 0 spiro atoms. The lowest BCUT2D eigenvalue weighted by Gasteiger charge is -2.32. The molecule has 10 heavy (non-hydrogen) atoms. The van der Waals surface area contributed by atoms with Crippen LogP contribution in [0.1, 0.15) is 19.3 Å². The molecule has 1 fully saturated rings. The van der Waals surface area contributed by atoms with Gasteiger partial charge in [-0.2, -0.15) is 0 Å². The highest BCUT2D eigenvalue weighted by Gasteiger charge is 2.25. The van der Waals surface area contributed by atoms with Gasteiger partial charge in [-0.25, -0.2) is 5.32 Å². The maximum atomic E-state index is 4.43. The first-order valence-corrected chi connectivity index (χ1v) is 4.25. The van der Waals surface area contributed by atoms with Crippen LogP contribution in [0.4, 0.5) is 0 Å². The molecule has 2 aliphatic rings. The molecular formula is C9H14N. The van der Waals surface area contributed by atoms with Crippen LogP contribution in [0.15, 0.2) is 12.2 Å². The molecule has 0 saturated carbocycles. The molecule has 0 aromatic carbocycles. The van der Waals surface area contributed by atoms with Gasteiger partial charge in [0.05, 0.1) is 0 Å². The molecule has 0 aromatic heterocycles. The fourth-order valence-electron chi connectivity index (χ4n) is 2.02. The summed E-state index contributed by atoms with van der Waals surface area (Å²) in [7, 11) is 0. The van der Waals surface area contributed by atoms with E-state index in [1.54, 1.807) is 0 Å². The van der Waals surface area contributed by atoms with Gasteiger partial charge in [0.2, 0.25) is 0 Å². The Bertz CT molecular complexity index is 124. The summed E-state index contributed by atoms with van der Waals surface area (Å²) < 4.78 is 0. The zero-order chi connectivity index (χ0) is 6.81. The van der Waals surface area contributed by atoms with E-state index in [0.29, 0.717) is 0 Å².